The summed E-state index contributed by atoms with van der Waals surface area (Å²) in [5.74, 6) is 2.98. The number of benzene rings is 1. The predicted molar refractivity (Wildman–Crippen MR) is 122 cm³/mol. The molecule has 1 heterocycles. The van der Waals surface area contributed by atoms with Crippen molar-refractivity contribution < 1.29 is 14.3 Å². The van der Waals surface area contributed by atoms with Crippen molar-refractivity contribution in [3.8, 4) is 5.75 Å². The van der Waals surface area contributed by atoms with Crippen LogP contribution in [0.2, 0.25) is 0 Å². The molecule has 0 unspecified atom stereocenters. The second-order valence-electron chi connectivity index (χ2n) is 9.29. The first kappa shape index (κ1) is 20.1. The van der Waals surface area contributed by atoms with Crippen molar-refractivity contribution in [1.82, 2.24) is 10.2 Å². The third kappa shape index (κ3) is 3.78. The third-order valence-corrected chi connectivity index (χ3v) is 8.53. The number of rotatable bonds is 5. The van der Waals surface area contributed by atoms with Gasteiger partial charge in [0.25, 0.3) is 5.24 Å². The number of thioether (sulfide) groups is 1. The van der Waals surface area contributed by atoms with E-state index in [9.17, 15) is 9.59 Å². The Balaban J connectivity index is 1.25. The largest absolute Gasteiger partial charge is 0.497 e. The lowest BCUT2D eigenvalue weighted by molar-refractivity contribution is -0.126. The Morgan fingerprint density at radius 1 is 1.20 bits per heavy atom. The molecule has 0 atom stereocenters. The van der Waals surface area contributed by atoms with Crippen LogP contribution in [0.1, 0.15) is 44.1 Å². The first-order chi connectivity index (χ1) is 14.4. The molecule has 1 aliphatic heterocycles. The summed E-state index contributed by atoms with van der Waals surface area (Å²) < 4.78 is 5.18. The highest BCUT2D eigenvalue weighted by Crippen LogP contribution is 2.55. The summed E-state index contributed by atoms with van der Waals surface area (Å²) in [6.45, 7) is 0.00632. The van der Waals surface area contributed by atoms with Crippen LogP contribution >= 0.6 is 24.0 Å². The number of methoxy groups -OCH3 is 1. The number of carbonyl (C=O) groups excluding carboxylic acids is 2. The topological polar surface area (TPSA) is 58.6 Å². The minimum Gasteiger partial charge on any atom is -0.497 e. The van der Waals surface area contributed by atoms with Crippen molar-refractivity contribution in [2.45, 2.75) is 44.1 Å². The highest BCUT2D eigenvalue weighted by atomic mass is 32.2. The second kappa shape index (κ2) is 7.68. The van der Waals surface area contributed by atoms with Gasteiger partial charge in [0, 0.05) is 5.54 Å². The van der Waals surface area contributed by atoms with Gasteiger partial charge in [0.1, 0.15) is 17.3 Å². The van der Waals surface area contributed by atoms with Gasteiger partial charge in [0.2, 0.25) is 5.91 Å². The van der Waals surface area contributed by atoms with Gasteiger partial charge in [0.05, 0.1) is 12.0 Å². The fourth-order valence-electron chi connectivity index (χ4n) is 6.23. The maximum atomic E-state index is 12.9. The van der Waals surface area contributed by atoms with Crippen molar-refractivity contribution in [3.05, 3.63) is 34.7 Å². The quantitative estimate of drug-likeness (QED) is 0.533. The molecule has 4 bridgehead atoms. The van der Waals surface area contributed by atoms with E-state index < -0.39 is 0 Å². The van der Waals surface area contributed by atoms with Crippen molar-refractivity contribution in [2.24, 2.45) is 17.8 Å². The number of carbonyl (C=O) groups is 2. The molecule has 1 aromatic rings. The molecule has 1 aromatic carbocycles. The molecule has 5 fully saturated rings. The van der Waals surface area contributed by atoms with E-state index in [1.165, 1.54) is 24.2 Å². The summed E-state index contributed by atoms with van der Waals surface area (Å²) in [6.07, 6.45) is 9.18. The van der Waals surface area contributed by atoms with Crippen molar-refractivity contribution in [3.63, 3.8) is 0 Å². The Hall–Kier alpha value is -1.86. The van der Waals surface area contributed by atoms with E-state index in [1.54, 1.807) is 7.11 Å². The van der Waals surface area contributed by atoms with E-state index in [4.69, 9.17) is 17.0 Å². The smallest absolute Gasteiger partial charge is 0.292 e. The van der Waals surface area contributed by atoms with Crippen molar-refractivity contribution >= 4 is 46.2 Å². The summed E-state index contributed by atoms with van der Waals surface area (Å²) in [4.78, 5) is 28.0. The Morgan fingerprint density at radius 3 is 2.37 bits per heavy atom. The molecule has 0 aromatic heterocycles. The molecule has 1 saturated heterocycles. The lowest BCUT2D eigenvalue weighted by Gasteiger charge is -2.57. The Kier molecular flexibility index (Phi) is 5.14. The van der Waals surface area contributed by atoms with Gasteiger partial charge in [-0.3, -0.25) is 14.5 Å². The molecule has 4 aliphatic carbocycles. The first-order valence-electron chi connectivity index (χ1n) is 10.6. The molecule has 158 valence electrons. The molecule has 6 rings (SSSR count). The summed E-state index contributed by atoms with van der Waals surface area (Å²) in [6, 6.07) is 7.57. The van der Waals surface area contributed by atoms with E-state index in [1.807, 2.05) is 30.3 Å². The molecular weight excluding hydrogens is 416 g/mol. The number of nitrogens with zero attached hydrogens (tertiary/aromatic N) is 1. The van der Waals surface area contributed by atoms with Gasteiger partial charge in [-0.25, -0.2) is 0 Å². The zero-order valence-electron chi connectivity index (χ0n) is 17.1. The van der Waals surface area contributed by atoms with Crippen LogP contribution in [0, 0.1) is 17.8 Å². The SMILES string of the molecule is COc1ccc(/C=C2/SC(=O)N(CC(=O)NC34CC5CC(CC(C5)C3)C4)C2=S)cc1. The summed E-state index contributed by atoms with van der Waals surface area (Å²) in [5.41, 5.74) is 0.888. The molecule has 5 aliphatic rings. The third-order valence-electron chi connectivity index (χ3n) is 7.03. The Labute approximate surface area is 186 Å². The van der Waals surface area contributed by atoms with Gasteiger partial charge in [-0.1, -0.05) is 24.4 Å². The lowest BCUT2D eigenvalue weighted by atomic mass is 9.53. The molecule has 2 amide bonds. The number of nitrogens with one attached hydrogen (secondary N) is 1. The van der Waals surface area contributed by atoms with Crippen molar-refractivity contribution in [1.29, 1.82) is 0 Å². The number of ether oxygens (including phenoxy) is 1. The van der Waals surface area contributed by atoms with Gasteiger partial charge in [-0.2, -0.15) is 0 Å². The lowest BCUT2D eigenvalue weighted by Crippen LogP contribution is -2.61. The first-order valence-corrected chi connectivity index (χ1v) is 11.9. The van der Waals surface area contributed by atoms with Crippen LogP contribution in [-0.2, 0) is 4.79 Å². The van der Waals surface area contributed by atoms with Crippen LogP contribution in [0.15, 0.2) is 29.2 Å². The fourth-order valence-corrected chi connectivity index (χ4v) is 7.47. The highest BCUT2D eigenvalue weighted by molar-refractivity contribution is 8.19. The van der Waals surface area contributed by atoms with Crippen LogP contribution in [0.25, 0.3) is 6.08 Å². The predicted octanol–water partition coefficient (Wildman–Crippen LogP) is 4.62. The van der Waals surface area contributed by atoms with Crippen molar-refractivity contribution in [2.75, 3.05) is 13.7 Å². The average molecular weight is 443 g/mol. The van der Waals surface area contributed by atoms with Gasteiger partial charge >= 0.3 is 0 Å². The minimum absolute atomic E-state index is 0.00632. The number of hydrogen-bond acceptors (Lipinski definition) is 5. The fraction of sp³-hybridized carbons (Fsp3) is 0.522. The zero-order chi connectivity index (χ0) is 20.9. The normalized spacial score (nSPS) is 33.4. The molecule has 7 heteroatoms. The maximum Gasteiger partial charge on any atom is 0.292 e. The molecule has 5 nitrogen and oxygen atoms in total. The number of hydrogen-bond donors (Lipinski definition) is 1. The van der Waals surface area contributed by atoms with Crippen LogP contribution in [0.5, 0.6) is 5.75 Å². The summed E-state index contributed by atoms with van der Waals surface area (Å²) >= 11 is 6.63. The second-order valence-corrected chi connectivity index (χ2v) is 10.7. The summed E-state index contributed by atoms with van der Waals surface area (Å²) in [5, 5.41) is 3.15. The van der Waals surface area contributed by atoms with Crippen LogP contribution in [-0.4, -0.2) is 40.2 Å². The molecular formula is C23H26N2O3S2. The van der Waals surface area contributed by atoms with Crippen LogP contribution in [0.4, 0.5) is 4.79 Å². The van der Waals surface area contributed by atoms with E-state index in [0.29, 0.717) is 9.89 Å². The molecule has 0 radical (unpaired) electrons. The molecule has 1 N–H and O–H groups in total. The number of thiocarbonyl (C=S) groups is 1. The maximum absolute atomic E-state index is 12.9. The highest BCUT2D eigenvalue weighted by Gasteiger charge is 2.51. The van der Waals surface area contributed by atoms with Gasteiger partial charge in [-0.15, -0.1) is 0 Å². The van der Waals surface area contributed by atoms with Gasteiger partial charge in [0.15, 0.2) is 0 Å². The van der Waals surface area contributed by atoms with E-state index >= 15 is 0 Å². The van der Waals surface area contributed by atoms with Gasteiger partial charge < -0.3 is 10.1 Å². The standard InChI is InChI=1S/C23H26N2O3S2/c1-28-18-4-2-14(3-5-18)9-19-21(29)25(22(27)30-19)13-20(26)24-23-10-15-6-16(11-23)8-17(7-15)12-23/h2-5,9,15-17H,6-8,10-13H2,1H3,(H,24,26)/b19-9+. The van der Waals surface area contributed by atoms with E-state index in [-0.39, 0.29) is 23.2 Å². The summed E-state index contributed by atoms with van der Waals surface area (Å²) in [7, 11) is 1.63. The molecule has 4 saturated carbocycles. The average Bonchev–Trinajstić information content (AvgIpc) is 2.94. The van der Waals surface area contributed by atoms with E-state index in [2.05, 4.69) is 5.32 Å². The van der Waals surface area contributed by atoms with Gasteiger partial charge in [-0.05, 0) is 91.8 Å². The minimum atomic E-state index is -0.180. The molecule has 30 heavy (non-hydrogen) atoms. The zero-order valence-corrected chi connectivity index (χ0v) is 18.7. The Morgan fingerprint density at radius 2 is 1.80 bits per heavy atom. The van der Waals surface area contributed by atoms with Crippen LogP contribution in [0.3, 0.4) is 0 Å². The monoisotopic (exact) mass is 442 g/mol. The Bertz CT molecular complexity index is 890. The molecule has 0 spiro atoms. The van der Waals surface area contributed by atoms with Crippen LogP contribution < -0.4 is 10.1 Å². The number of amides is 2. The van der Waals surface area contributed by atoms with E-state index in [0.717, 1.165) is 60.1 Å².